The van der Waals surface area contributed by atoms with Crippen LogP contribution in [0.1, 0.15) is 46.5 Å². The van der Waals surface area contributed by atoms with E-state index in [1.165, 1.54) is 12.2 Å². The average Bonchev–Trinajstić information content (AvgIpc) is 2.97. The molecule has 170 valence electrons. The predicted molar refractivity (Wildman–Crippen MR) is 115 cm³/mol. The van der Waals surface area contributed by atoms with Gasteiger partial charge in [0.15, 0.2) is 5.78 Å². The number of rotatable bonds is 15. The summed E-state index contributed by atoms with van der Waals surface area (Å²) in [6, 6.07) is -0.168. The smallest absolute Gasteiger partial charge is 0.253 e. The lowest BCUT2D eigenvalue weighted by Gasteiger charge is -2.27. The van der Waals surface area contributed by atoms with Crippen molar-refractivity contribution in [3.63, 3.8) is 0 Å². The lowest BCUT2D eigenvalue weighted by atomic mass is 9.92. The fraction of sp³-hybridized carbons (Fsp3) is 0.727. The van der Waals surface area contributed by atoms with Gasteiger partial charge in [-0.05, 0) is 39.3 Å². The van der Waals surface area contributed by atoms with E-state index in [1.807, 2.05) is 32.8 Å². The molecule has 0 fully saturated rings. The second-order valence-electron chi connectivity index (χ2n) is 8.35. The van der Waals surface area contributed by atoms with Crippen LogP contribution in [0.5, 0.6) is 0 Å². The van der Waals surface area contributed by atoms with Gasteiger partial charge in [-0.15, -0.1) is 0 Å². The molecule has 8 nitrogen and oxygen atoms in total. The fourth-order valence-electron chi connectivity index (χ4n) is 3.57. The summed E-state index contributed by atoms with van der Waals surface area (Å²) >= 11 is 0. The highest BCUT2D eigenvalue weighted by Crippen LogP contribution is 2.14. The summed E-state index contributed by atoms with van der Waals surface area (Å²) in [4.78, 5) is 50.6. The Morgan fingerprint density at radius 2 is 1.67 bits per heavy atom. The summed E-state index contributed by atoms with van der Waals surface area (Å²) in [6.45, 7) is 7.53. The molecule has 1 N–H and O–H groups in total. The Balaban J connectivity index is 2.09. The number of imide groups is 1. The second-order valence-corrected chi connectivity index (χ2v) is 8.35. The van der Waals surface area contributed by atoms with Crippen LogP contribution in [0.4, 0.5) is 0 Å². The van der Waals surface area contributed by atoms with Crippen LogP contribution in [0.25, 0.3) is 0 Å². The highest BCUT2D eigenvalue weighted by Gasteiger charge is 2.27. The van der Waals surface area contributed by atoms with E-state index in [1.54, 1.807) is 6.92 Å². The van der Waals surface area contributed by atoms with E-state index in [0.717, 1.165) is 24.2 Å². The topological polar surface area (TPSA) is 96.0 Å². The standard InChI is InChI=1S/C22H37N3O5/c1-16(2)21(24(4)5)18(26)15-17(3)22(29)23-11-7-6-8-13-30-14-12-25-19(27)9-10-20(25)28/h9-10,16-17,21H,6-8,11-15H2,1-5H3,(H,23,29)/t17-,21+/m1/s1. The van der Waals surface area contributed by atoms with Gasteiger partial charge >= 0.3 is 0 Å². The lowest BCUT2D eigenvalue weighted by Crippen LogP contribution is -2.42. The zero-order valence-electron chi connectivity index (χ0n) is 19.0. The number of amides is 3. The zero-order valence-corrected chi connectivity index (χ0v) is 19.0. The maximum Gasteiger partial charge on any atom is 0.253 e. The molecule has 1 rings (SSSR count). The van der Waals surface area contributed by atoms with Crippen LogP contribution in [0.15, 0.2) is 12.2 Å². The van der Waals surface area contributed by atoms with Gasteiger partial charge in [-0.3, -0.25) is 29.0 Å². The Kier molecular flexibility index (Phi) is 11.5. The molecule has 1 heterocycles. The minimum Gasteiger partial charge on any atom is -0.380 e. The van der Waals surface area contributed by atoms with Gasteiger partial charge in [-0.2, -0.15) is 0 Å². The SMILES string of the molecule is CC(C)[C@@H](C(=O)C[C@@H](C)C(=O)NCCCCCOCCN1C(=O)C=CC1=O)N(C)C. The Hall–Kier alpha value is -2.06. The first kappa shape index (κ1) is 26.0. The Labute approximate surface area is 180 Å². The Bertz CT molecular complexity index is 604. The summed E-state index contributed by atoms with van der Waals surface area (Å²) in [5, 5.41) is 2.90. The molecule has 0 bridgehead atoms. The van der Waals surface area contributed by atoms with Crippen molar-refractivity contribution in [2.24, 2.45) is 11.8 Å². The summed E-state index contributed by atoms with van der Waals surface area (Å²) < 4.78 is 5.46. The van der Waals surface area contributed by atoms with Crippen LogP contribution >= 0.6 is 0 Å². The quantitative estimate of drug-likeness (QED) is 0.316. The van der Waals surface area contributed by atoms with E-state index in [4.69, 9.17) is 4.74 Å². The molecular weight excluding hydrogens is 386 g/mol. The summed E-state index contributed by atoms with van der Waals surface area (Å²) in [7, 11) is 3.78. The zero-order chi connectivity index (χ0) is 22.7. The van der Waals surface area contributed by atoms with Crippen LogP contribution in [0.2, 0.25) is 0 Å². The molecule has 1 aliphatic heterocycles. The van der Waals surface area contributed by atoms with E-state index in [2.05, 4.69) is 5.32 Å². The normalized spacial score (nSPS) is 15.9. The summed E-state index contributed by atoms with van der Waals surface area (Å²) in [6.07, 6.45) is 5.33. The third kappa shape index (κ3) is 8.75. The van der Waals surface area contributed by atoms with Gasteiger partial charge in [-0.1, -0.05) is 20.8 Å². The van der Waals surface area contributed by atoms with Gasteiger partial charge in [0.1, 0.15) is 0 Å². The number of hydrogen-bond acceptors (Lipinski definition) is 6. The number of likely N-dealkylation sites (N-methyl/N-ethyl adjacent to an activating group) is 1. The highest BCUT2D eigenvalue weighted by atomic mass is 16.5. The fourth-order valence-corrected chi connectivity index (χ4v) is 3.57. The first-order valence-corrected chi connectivity index (χ1v) is 10.7. The molecular formula is C22H37N3O5. The van der Waals surface area contributed by atoms with Crippen LogP contribution in [0.3, 0.4) is 0 Å². The van der Waals surface area contributed by atoms with Crippen molar-refractivity contribution in [2.45, 2.75) is 52.5 Å². The number of hydrogen-bond donors (Lipinski definition) is 1. The number of ether oxygens (including phenoxy) is 1. The van der Waals surface area contributed by atoms with Gasteiger partial charge in [-0.25, -0.2) is 0 Å². The highest BCUT2D eigenvalue weighted by molar-refractivity contribution is 6.12. The van der Waals surface area contributed by atoms with Gasteiger partial charge in [0.2, 0.25) is 5.91 Å². The largest absolute Gasteiger partial charge is 0.380 e. The van der Waals surface area contributed by atoms with Crippen molar-refractivity contribution >= 4 is 23.5 Å². The molecule has 0 aromatic rings. The first-order chi connectivity index (χ1) is 14.1. The first-order valence-electron chi connectivity index (χ1n) is 10.7. The molecule has 1 aliphatic rings. The van der Waals surface area contributed by atoms with E-state index >= 15 is 0 Å². The van der Waals surface area contributed by atoms with Crippen molar-refractivity contribution in [1.82, 2.24) is 15.1 Å². The van der Waals surface area contributed by atoms with E-state index in [0.29, 0.717) is 19.8 Å². The van der Waals surface area contributed by atoms with Crippen LogP contribution in [0, 0.1) is 11.8 Å². The Morgan fingerprint density at radius 1 is 1.03 bits per heavy atom. The molecule has 8 heteroatoms. The number of nitrogens with one attached hydrogen (secondary N) is 1. The van der Waals surface area contributed by atoms with Crippen molar-refractivity contribution in [3.8, 4) is 0 Å². The minimum atomic E-state index is -0.340. The molecule has 0 spiro atoms. The molecule has 2 atom stereocenters. The molecule has 0 aliphatic carbocycles. The third-order valence-electron chi connectivity index (χ3n) is 5.10. The van der Waals surface area contributed by atoms with Crippen LogP contribution < -0.4 is 5.32 Å². The maximum atomic E-state index is 12.5. The minimum absolute atomic E-state index is 0.0885. The van der Waals surface area contributed by atoms with E-state index in [-0.39, 0.29) is 54.3 Å². The molecule has 0 aromatic carbocycles. The summed E-state index contributed by atoms with van der Waals surface area (Å²) in [5.41, 5.74) is 0. The monoisotopic (exact) mass is 423 g/mol. The van der Waals surface area contributed by atoms with Gasteiger partial charge in [0.25, 0.3) is 11.8 Å². The Morgan fingerprint density at radius 3 is 2.23 bits per heavy atom. The summed E-state index contributed by atoms with van der Waals surface area (Å²) in [5.74, 6) is -0.712. The van der Waals surface area contributed by atoms with Crippen molar-refractivity contribution in [2.75, 3.05) is 40.4 Å². The lowest BCUT2D eigenvalue weighted by molar-refractivity contribution is -0.137. The second kappa shape index (κ2) is 13.3. The molecule has 0 radical (unpaired) electrons. The maximum absolute atomic E-state index is 12.5. The molecule has 30 heavy (non-hydrogen) atoms. The van der Waals surface area contributed by atoms with Gasteiger partial charge in [0.05, 0.1) is 19.2 Å². The predicted octanol–water partition coefficient (Wildman–Crippen LogP) is 1.40. The van der Waals surface area contributed by atoms with Gasteiger partial charge < -0.3 is 10.1 Å². The third-order valence-corrected chi connectivity index (χ3v) is 5.10. The van der Waals surface area contributed by atoms with Gasteiger partial charge in [0, 0.05) is 37.6 Å². The molecule has 0 unspecified atom stereocenters. The molecule has 0 saturated heterocycles. The van der Waals surface area contributed by atoms with Crippen molar-refractivity contribution in [3.05, 3.63) is 12.2 Å². The van der Waals surface area contributed by atoms with Crippen LogP contribution in [-0.4, -0.2) is 79.7 Å². The van der Waals surface area contributed by atoms with Crippen molar-refractivity contribution in [1.29, 1.82) is 0 Å². The van der Waals surface area contributed by atoms with Crippen molar-refractivity contribution < 1.29 is 23.9 Å². The number of unbranched alkanes of at least 4 members (excludes halogenated alkanes) is 2. The number of nitrogens with zero attached hydrogens (tertiary/aromatic N) is 2. The molecule has 0 saturated carbocycles. The van der Waals surface area contributed by atoms with Crippen LogP contribution in [-0.2, 0) is 23.9 Å². The number of carbonyl (C=O) groups is 4. The number of carbonyl (C=O) groups excluding carboxylic acids is 4. The molecule has 3 amide bonds. The molecule has 0 aromatic heterocycles. The number of ketones is 1. The van der Waals surface area contributed by atoms with E-state index < -0.39 is 0 Å². The van der Waals surface area contributed by atoms with E-state index in [9.17, 15) is 19.2 Å². The number of Topliss-reactive ketones (excluding diaryl/α,β-unsaturated/α-hetero) is 1. The average molecular weight is 424 g/mol.